The Hall–Kier alpha value is -2.47. The van der Waals surface area contributed by atoms with Crippen LogP contribution in [0.4, 0.5) is 20.2 Å². The first-order valence-electron chi connectivity index (χ1n) is 7.69. The van der Waals surface area contributed by atoms with E-state index in [9.17, 15) is 18.4 Å². The Bertz CT molecular complexity index is 837. The topological polar surface area (TPSA) is 58.2 Å². The molecule has 1 fully saturated rings. The molecule has 2 aromatic carbocycles. The van der Waals surface area contributed by atoms with Crippen molar-refractivity contribution in [2.45, 2.75) is 13.3 Å². The average Bonchev–Trinajstić information content (AvgIpc) is 3.36. The molecule has 0 aliphatic heterocycles. The molecular weight excluding hydrogens is 350 g/mol. The first kappa shape index (κ1) is 17.4. The van der Waals surface area contributed by atoms with Gasteiger partial charge in [0, 0.05) is 10.7 Å². The first-order valence-corrected chi connectivity index (χ1v) is 8.07. The van der Waals surface area contributed by atoms with Crippen molar-refractivity contribution in [1.82, 2.24) is 0 Å². The number of benzene rings is 2. The second kappa shape index (κ2) is 6.80. The van der Waals surface area contributed by atoms with Gasteiger partial charge in [0.05, 0.1) is 11.8 Å². The predicted molar refractivity (Wildman–Crippen MR) is 91.4 cm³/mol. The zero-order valence-electron chi connectivity index (χ0n) is 13.3. The summed E-state index contributed by atoms with van der Waals surface area (Å²) in [7, 11) is 0. The Morgan fingerprint density at radius 2 is 1.56 bits per heavy atom. The molecular formula is C18H15ClF2N2O2. The SMILES string of the molecule is Cc1c(Cl)cccc1NC(=O)C1CC1C(=O)Nc1c(F)cccc1F. The van der Waals surface area contributed by atoms with Crippen LogP contribution in [0.2, 0.25) is 5.02 Å². The Morgan fingerprint density at radius 1 is 1.00 bits per heavy atom. The molecule has 0 bridgehead atoms. The van der Waals surface area contributed by atoms with Gasteiger partial charge in [0.2, 0.25) is 11.8 Å². The summed E-state index contributed by atoms with van der Waals surface area (Å²) in [5, 5.41) is 5.48. The van der Waals surface area contributed by atoms with Gasteiger partial charge in [0.25, 0.3) is 0 Å². The number of carbonyl (C=O) groups is 2. The number of anilines is 2. The van der Waals surface area contributed by atoms with Crippen molar-refractivity contribution in [3.8, 4) is 0 Å². The van der Waals surface area contributed by atoms with E-state index in [-0.39, 0.29) is 5.91 Å². The molecule has 0 heterocycles. The fourth-order valence-electron chi connectivity index (χ4n) is 2.58. The molecule has 1 aliphatic carbocycles. The zero-order valence-corrected chi connectivity index (χ0v) is 14.0. The molecule has 4 nitrogen and oxygen atoms in total. The van der Waals surface area contributed by atoms with Crippen molar-refractivity contribution < 1.29 is 18.4 Å². The summed E-state index contributed by atoms with van der Waals surface area (Å²) in [5.74, 6) is -3.76. The molecule has 3 rings (SSSR count). The van der Waals surface area contributed by atoms with Crippen LogP contribution in [-0.2, 0) is 9.59 Å². The quantitative estimate of drug-likeness (QED) is 0.856. The van der Waals surface area contributed by atoms with Crippen LogP contribution in [0.5, 0.6) is 0 Å². The van der Waals surface area contributed by atoms with E-state index in [2.05, 4.69) is 10.6 Å². The third-order valence-corrected chi connectivity index (χ3v) is 4.61. The van der Waals surface area contributed by atoms with Crippen LogP contribution in [0.1, 0.15) is 12.0 Å². The van der Waals surface area contributed by atoms with Crippen molar-refractivity contribution in [2.75, 3.05) is 10.6 Å². The van der Waals surface area contributed by atoms with Gasteiger partial charge in [-0.1, -0.05) is 23.7 Å². The van der Waals surface area contributed by atoms with Crippen LogP contribution < -0.4 is 10.6 Å². The Labute approximate surface area is 148 Å². The maximum Gasteiger partial charge on any atom is 0.228 e. The van der Waals surface area contributed by atoms with Gasteiger partial charge in [-0.2, -0.15) is 0 Å². The molecule has 1 saturated carbocycles. The first-order chi connectivity index (χ1) is 11.9. The summed E-state index contributed by atoms with van der Waals surface area (Å²) in [4.78, 5) is 24.4. The maximum atomic E-state index is 13.6. The van der Waals surface area contributed by atoms with E-state index in [4.69, 9.17) is 11.6 Å². The van der Waals surface area contributed by atoms with E-state index in [0.717, 1.165) is 17.7 Å². The zero-order chi connectivity index (χ0) is 18.1. The Kier molecular flexibility index (Phi) is 4.72. The highest BCUT2D eigenvalue weighted by Gasteiger charge is 2.48. The molecule has 2 amide bonds. The number of hydrogen-bond acceptors (Lipinski definition) is 2. The van der Waals surface area contributed by atoms with E-state index < -0.39 is 35.1 Å². The highest BCUT2D eigenvalue weighted by molar-refractivity contribution is 6.31. The summed E-state index contributed by atoms with van der Waals surface area (Å²) >= 11 is 6.01. The minimum atomic E-state index is -0.857. The second-order valence-electron chi connectivity index (χ2n) is 5.94. The third-order valence-electron chi connectivity index (χ3n) is 4.20. The van der Waals surface area contributed by atoms with Crippen molar-refractivity contribution in [3.05, 3.63) is 58.6 Å². The molecule has 7 heteroatoms. The lowest BCUT2D eigenvalue weighted by Crippen LogP contribution is -2.21. The summed E-state index contributed by atoms with van der Waals surface area (Å²) in [6.07, 6.45) is 0.327. The molecule has 2 unspecified atom stereocenters. The lowest BCUT2D eigenvalue weighted by Gasteiger charge is -2.10. The number of amides is 2. The fraction of sp³-hybridized carbons (Fsp3) is 0.222. The lowest BCUT2D eigenvalue weighted by molar-refractivity contribution is -0.122. The highest BCUT2D eigenvalue weighted by atomic mass is 35.5. The van der Waals surface area contributed by atoms with E-state index >= 15 is 0 Å². The van der Waals surface area contributed by atoms with Crippen molar-refractivity contribution in [2.24, 2.45) is 11.8 Å². The summed E-state index contributed by atoms with van der Waals surface area (Å²) in [6.45, 7) is 1.77. The van der Waals surface area contributed by atoms with Crippen molar-refractivity contribution in [1.29, 1.82) is 0 Å². The largest absolute Gasteiger partial charge is 0.326 e. The third kappa shape index (κ3) is 3.64. The van der Waals surface area contributed by atoms with Gasteiger partial charge in [-0.05, 0) is 43.2 Å². The Balaban J connectivity index is 1.63. The molecule has 2 N–H and O–H groups in total. The van der Waals surface area contributed by atoms with E-state index in [1.165, 1.54) is 6.07 Å². The van der Waals surface area contributed by atoms with E-state index in [1.54, 1.807) is 25.1 Å². The summed E-state index contributed by atoms with van der Waals surface area (Å²) in [6, 6.07) is 8.45. The fourth-order valence-corrected chi connectivity index (χ4v) is 2.75. The molecule has 130 valence electrons. The number of para-hydroxylation sites is 1. The van der Waals surface area contributed by atoms with Gasteiger partial charge in [0.1, 0.15) is 17.3 Å². The number of hydrogen-bond donors (Lipinski definition) is 2. The monoisotopic (exact) mass is 364 g/mol. The van der Waals surface area contributed by atoms with Gasteiger partial charge in [-0.25, -0.2) is 8.78 Å². The lowest BCUT2D eigenvalue weighted by atomic mass is 10.2. The van der Waals surface area contributed by atoms with Crippen LogP contribution in [0.25, 0.3) is 0 Å². The van der Waals surface area contributed by atoms with Gasteiger partial charge in [0.15, 0.2) is 0 Å². The van der Waals surface area contributed by atoms with Crippen LogP contribution in [0.15, 0.2) is 36.4 Å². The van der Waals surface area contributed by atoms with Crippen LogP contribution in [-0.4, -0.2) is 11.8 Å². The predicted octanol–water partition coefficient (Wildman–Crippen LogP) is 4.14. The molecule has 1 aliphatic rings. The van der Waals surface area contributed by atoms with Crippen LogP contribution in [0.3, 0.4) is 0 Å². The second-order valence-corrected chi connectivity index (χ2v) is 6.34. The van der Waals surface area contributed by atoms with E-state index in [0.29, 0.717) is 17.1 Å². The minimum Gasteiger partial charge on any atom is -0.326 e. The highest BCUT2D eigenvalue weighted by Crippen LogP contribution is 2.41. The van der Waals surface area contributed by atoms with Gasteiger partial charge >= 0.3 is 0 Å². The van der Waals surface area contributed by atoms with E-state index in [1.807, 2.05) is 0 Å². The van der Waals surface area contributed by atoms with Gasteiger partial charge in [-0.3, -0.25) is 9.59 Å². The van der Waals surface area contributed by atoms with Crippen molar-refractivity contribution in [3.63, 3.8) is 0 Å². The molecule has 0 spiro atoms. The minimum absolute atomic E-state index is 0.320. The molecule has 0 saturated heterocycles. The average molecular weight is 365 g/mol. The summed E-state index contributed by atoms with van der Waals surface area (Å²) < 4.78 is 27.1. The summed E-state index contributed by atoms with van der Waals surface area (Å²) in [5.41, 5.74) is 0.806. The number of halogens is 3. The number of nitrogens with one attached hydrogen (secondary N) is 2. The van der Waals surface area contributed by atoms with Crippen LogP contribution >= 0.6 is 11.6 Å². The molecule has 2 atom stereocenters. The number of carbonyl (C=O) groups excluding carboxylic acids is 2. The smallest absolute Gasteiger partial charge is 0.228 e. The molecule has 25 heavy (non-hydrogen) atoms. The van der Waals surface area contributed by atoms with Crippen molar-refractivity contribution >= 4 is 34.8 Å². The number of rotatable bonds is 4. The molecule has 2 aromatic rings. The molecule has 0 radical (unpaired) electrons. The molecule has 0 aromatic heterocycles. The van der Waals surface area contributed by atoms with Crippen LogP contribution in [0, 0.1) is 30.4 Å². The Morgan fingerprint density at radius 3 is 2.20 bits per heavy atom. The van der Waals surface area contributed by atoms with Gasteiger partial charge < -0.3 is 10.6 Å². The van der Waals surface area contributed by atoms with Gasteiger partial charge in [-0.15, -0.1) is 0 Å². The maximum absolute atomic E-state index is 13.6. The standard InChI is InChI=1S/C18H15ClF2N2O2/c1-9-12(19)4-2-7-15(9)22-17(24)10-8-11(10)18(25)23-16-13(20)5-3-6-14(16)21/h2-7,10-11H,8H2,1H3,(H,22,24)(H,23,25). The normalized spacial score (nSPS) is 18.6.